The van der Waals surface area contributed by atoms with E-state index in [0.29, 0.717) is 37.5 Å². The van der Waals surface area contributed by atoms with Crippen LogP contribution < -0.4 is 0 Å². The third-order valence-electron chi connectivity index (χ3n) is 5.39. The summed E-state index contributed by atoms with van der Waals surface area (Å²) in [4.78, 5) is 16.8. The number of rotatable bonds is 6. The fourth-order valence-corrected chi connectivity index (χ4v) is 6.69. The summed E-state index contributed by atoms with van der Waals surface area (Å²) in [6.45, 7) is 7.47. The number of nitrogens with zero attached hydrogens (tertiary/aromatic N) is 2. The molecule has 1 atom stereocenters. The van der Waals surface area contributed by atoms with E-state index in [-0.39, 0.29) is 11.8 Å². The number of hydrogen-bond acceptors (Lipinski definition) is 4. The predicted molar refractivity (Wildman–Crippen MR) is 113 cm³/mol. The molecule has 152 valence electrons. The van der Waals surface area contributed by atoms with Gasteiger partial charge in [0.25, 0.3) is 0 Å². The molecular weight excluding hydrogens is 392 g/mol. The van der Waals surface area contributed by atoms with Crippen LogP contribution in [0.2, 0.25) is 0 Å². The van der Waals surface area contributed by atoms with Crippen LogP contribution in [-0.2, 0) is 14.8 Å². The number of amides is 1. The van der Waals surface area contributed by atoms with Crippen molar-refractivity contribution < 1.29 is 13.2 Å². The Morgan fingerprint density at radius 2 is 1.75 bits per heavy atom. The van der Waals surface area contributed by atoms with Gasteiger partial charge in [0.15, 0.2) is 0 Å². The highest BCUT2D eigenvalue weighted by Crippen LogP contribution is 2.29. The zero-order valence-electron chi connectivity index (χ0n) is 16.7. The smallest absolute Gasteiger partial charge is 0.244 e. The second-order valence-corrected chi connectivity index (χ2v) is 10.6. The van der Waals surface area contributed by atoms with E-state index in [9.17, 15) is 13.2 Å². The molecule has 0 aliphatic carbocycles. The second-order valence-electron chi connectivity index (χ2n) is 7.28. The zero-order valence-corrected chi connectivity index (χ0v) is 18.4. The molecule has 1 aromatic heterocycles. The lowest BCUT2D eigenvalue weighted by atomic mass is 9.92. The monoisotopic (exact) mass is 420 g/mol. The highest BCUT2D eigenvalue weighted by molar-refractivity contribution is 7.89. The van der Waals surface area contributed by atoms with Gasteiger partial charge in [0, 0.05) is 42.4 Å². The van der Waals surface area contributed by atoms with Crippen molar-refractivity contribution in [3.8, 4) is 0 Å². The summed E-state index contributed by atoms with van der Waals surface area (Å²) in [5.74, 6) is 0.308. The molecule has 1 unspecified atom stereocenters. The minimum Gasteiger partial charge on any atom is -0.340 e. The van der Waals surface area contributed by atoms with Crippen LogP contribution >= 0.6 is 11.3 Å². The van der Waals surface area contributed by atoms with Gasteiger partial charge in [-0.05, 0) is 37.8 Å². The van der Waals surface area contributed by atoms with Crippen molar-refractivity contribution in [1.82, 2.24) is 9.21 Å². The maximum atomic E-state index is 12.9. The fourth-order valence-electron chi connectivity index (χ4n) is 3.74. The number of thiophene rings is 1. The van der Waals surface area contributed by atoms with Gasteiger partial charge in [0.2, 0.25) is 15.9 Å². The van der Waals surface area contributed by atoms with Gasteiger partial charge in [-0.3, -0.25) is 4.79 Å². The van der Waals surface area contributed by atoms with Crippen molar-refractivity contribution in [3.63, 3.8) is 0 Å². The van der Waals surface area contributed by atoms with Crippen molar-refractivity contribution >= 4 is 27.3 Å². The van der Waals surface area contributed by atoms with Gasteiger partial charge < -0.3 is 4.90 Å². The van der Waals surface area contributed by atoms with Crippen molar-refractivity contribution in [3.05, 3.63) is 51.7 Å². The van der Waals surface area contributed by atoms with Crippen molar-refractivity contribution in [1.29, 1.82) is 0 Å². The minimum absolute atomic E-state index is 0.107. The average Bonchev–Trinajstić information content (AvgIpc) is 3.05. The van der Waals surface area contributed by atoms with Crippen molar-refractivity contribution in [2.24, 2.45) is 0 Å². The van der Waals surface area contributed by atoms with Crippen molar-refractivity contribution in [2.75, 3.05) is 26.2 Å². The Morgan fingerprint density at radius 3 is 2.29 bits per heavy atom. The van der Waals surface area contributed by atoms with Gasteiger partial charge in [0.1, 0.15) is 0 Å². The lowest BCUT2D eigenvalue weighted by molar-refractivity contribution is -0.132. The molecule has 28 heavy (non-hydrogen) atoms. The molecule has 2 aromatic rings. The van der Waals surface area contributed by atoms with Crippen LogP contribution in [0.15, 0.2) is 41.3 Å². The van der Waals surface area contributed by atoms with E-state index in [0.717, 1.165) is 16.2 Å². The predicted octanol–water partition coefficient (Wildman–Crippen LogP) is 3.78. The third kappa shape index (κ3) is 4.47. The highest BCUT2D eigenvalue weighted by atomic mass is 32.2. The number of sulfonamides is 1. The molecule has 0 radical (unpaired) electrons. The van der Waals surface area contributed by atoms with E-state index in [1.807, 2.05) is 36.9 Å². The maximum absolute atomic E-state index is 12.9. The van der Waals surface area contributed by atoms with E-state index in [1.54, 1.807) is 6.07 Å². The summed E-state index contributed by atoms with van der Waals surface area (Å²) in [5.41, 5.74) is 1.18. The Labute approximate surface area is 172 Å². The summed E-state index contributed by atoms with van der Waals surface area (Å²) in [7, 11) is -3.49. The molecular formula is C21H28N2O3S2. The Kier molecular flexibility index (Phi) is 6.58. The molecule has 1 aromatic carbocycles. The average molecular weight is 421 g/mol. The standard InChI is InChI=1S/C21H28N2O3S2/c1-4-18(19-8-6-5-7-9-19)15-21(24)22-10-12-23(13-11-22)28(25,26)20-14-16(2)27-17(20)3/h5-9,14,18H,4,10-13,15H2,1-3H3. The number of carbonyl (C=O) groups is 1. The molecule has 1 saturated heterocycles. The fraction of sp³-hybridized carbons (Fsp3) is 0.476. The van der Waals surface area contributed by atoms with Crippen LogP contribution in [0.1, 0.15) is 41.0 Å². The van der Waals surface area contributed by atoms with Gasteiger partial charge in [-0.1, -0.05) is 37.3 Å². The van der Waals surface area contributed by atoms with E-state index in [4.69, 9.17) is 0 Å². The van der Waals surface area contributed by atoms with Gasteiger partial charge in [-0.15, -0.1) is 11.3 Å². The van der Waals surface area contributed by atoms with Crippen LogP contribution in [0, 0.1) is 13.8 Å². The van der Waals surface area contributed by atoms with E-state index < -0.39 is 10.0 Å². The van der Waals surface area contributed by atoms with Gasteiger partial charge in [-0.2, -0.15) is 4.31 Å². The molecule has 2 heterocycles. The third-order valence-corrected chi connectivity index (χ3v) is 8.51. The first kappa shape index (κ1) is 21.0. The molecule has 1 aliphatic heterocycles. The summed E-state index contributed by atoms with van der Waals surface area (Å²) in [6.07, 6.45) is 1.37. The van der Waals surface area contributed by atoms with Crippen LogP contribution in [0.3, 0.4) is 0 Å². The maximum Gasteiger partial charge on any atom is 0.244 e. The highest BCUT2D eigenvalue weighted by Gasteiger charge is 2.32. The molecule has 0 spiro atoms. The lowest BCUT2D eigenvalue weighted by Gasteiger charge is -2.34. The Hall–Kier alpha value is -1.70. The van der Waals surface area contributed by atoms with Crippen molar-refractivity contribution in [2.45, 2.75) is 44.4 Å². The number of carbonyl (C=O) groups excluding carboxylic acids is 1. The SMILES string of the molecule is CCC(CC(=O)N1CCN(S(=O)(=O)c2cc(C)sc2C)CC1)c1ccccc1. The Morgan fingerprint density at radius 1 is 1.11 bits per heavy atom. The molecule has 7 heteroatoms. The second kappa shape index (κ2) is 8.76. The van der Waals surface area contributed by atoms with Crippen LogP contribution in [0.4, 0.5) is 0 Å². The van der Waals surface area contributed by atoms with Gasteiger partial charge in [-0.25, -0.2) is 8.42 Å². The number of hydrogen-bond donors (Lipinski definition) is 0. The van der Waals surface area contributed by atoms with E-state index >= 15 is 0 Å². The molecule has 3 rings (SSSR count). The van der Waals surface area contributed by atoms with Crippen LogP contribution in [0.5, 0.6) is 0 Å². The number of piperazine rings is 1. The Balaban J connectivity index is 1.62. The van der Waals surface area contributed by atoms with E-state index in [1.165, 1.54) is 21.2 Å². The molecule has 0 N–H and O–H groups in total. The molecule has 1 amide bonds. The largest absolute Gasteiger partial charge is 0.340 e. The summed E-state index contributed by atoms with van der Waals surface area (Å²) < 4.78 is 27.4. The van der Waals surface area contributed by atoms with Crippen LogP contribution in [-0.4, -0.2) is 49.7 Å². The lowest BCUT2D eigenvalue weighted by Crippen LogP contribution is -2.50. The van der Waals surface area contributed by atoms with Crippen LogP contribution in [0.25, 0.3) is 0 Å². The summed E-state index contributed by atoms with van der Waals surface area (Å²) in [6, 6.07) is 11.9. The molecule has 1 aliphatic rings. The first-order valence-corrected chi connectivity index (χ1v) is 12.0. The molecule has 0 saturated carbocycles. The normalized spacial score (nSPS) is 16.9. The molecule has 0 bridgehead atoms. The first-order valence-electron chi connectivity index (χ1n) is 9.72. The molecule has 5 nitrogen and oxygen atoms in total. The van der Waals surface area contributed by atoms with Gasteiger partial charge >= 0.3 is 0 Å². The quantitative estimate of drug-likeness (QED) is 0.715. The summed E-state index contributed by atoms with van der Waals surface area (Å²) in [5, 5.41) is 0. The molecule has 1 fully saturated rings. The van der Waals surface area contributed by atoms with E-state index in [2.05, 4.69) is 19.1 Å². The number of aryl methyl sites for hydroxylation is 2. The first-order chi connectivity index (χ1) is 13.3. The zero-order chi connectivity index (χ0) is 20.3. The Bertz CT molecular complexity index is 914. The minimum atomic E-state index is -3.49. The topological polar surface area (TPSA) is 57.7 Å². The number of benzene rings is 1. The summed E-state index contributed by atoms with van der Waals surface area (Å²) >= 11 is 1.50. The van der Waals surface area contributed by atoms with Gasteiger partial charge in [0.05, 0.1) is 4.90 Å².